The van der Waals surface area contributed by atoms with Crippen LogP contribution in [0.4, 0.5) is 10.1 Å². The molecular weight excluding hydrogens is 301 g/mol. The molecule has 0 aliphatic carbocycles. The maximum absolute atomic E-state index is 13.2. The normalized spacial score (nSPS) is 10.2. The number of carboxylic acid groups (broad SMARTS) is 1. The second-order valence-electron chi connectivity index (χ2n) is 4.04. The molecule has 0 aliphatic heterocycles. The van der Waals surface area contributed by atoms with Gasteiger partial charge in [-0.3, -0.25) is 0 Å². The van der Waals surface area contributed by atoms with Crippen molar-refractivity contribution < 1.29 is 23.8 Å². The fraction of sp³-hybridized carbons (Fsp3) is 0.0714. The van der Waals surface area contributed by atoms with Gasteiger partial charge >= 0.3 is 5.97 Å². The highest BCUT2D eigenvalue weighted by Gasteiger charge is 2.12. The number of carbonyl (C=O) groups is 1. The highest BCUT2D eigenvalue weighted by atomic mass is 35.5. The van der Waals surface area contributed by atoms with Crippen molar-refractivity contribution in [1.82, 2.24) is 0 Å². The van der Waals surface area contributed by atoms with Gasteiger partial charge in [-0.15, -0.1) is 0 Å². The molecule has 0 saturated heterocycles. The summed E-state index contributed by atoms with van der Waals surface area (Å²) in [5, 5.41) is 8.66. The summed E-state index contributed by atoms with van der Waals surface area (Å²) in [4.78, 5) is 10.5. The largest absolute Gasteiger partial charge is 0.479 e. The van der Waals surface area contributed by atoms with Crippen molar-refractivity contribution in [2.75, 3.05) is 12.3 Å². The fourth-order valence-corrected chi connectivity index (χ4v) is 1.72. The summed E-state index contributed by atoms with van der Waals surface area (Å²) in [6.45, 7) is -0.514. The van der Waals surface area contributed by atoms with Crippen molar-refractivity contribution in [3.05, 3.63) is 47.2 Å². The minimum Gasteiger partial charge on any atom is -0.479 e. The highest BCUT2D eigenvalue weighted by molar-refractivity contribution is 6.32. The number of para-hydroxylation sites is 2. The summed E-state index contributed by atoms with van der Waals surface area (Å²) in [6.07, 6.45) is 0. The second-order valence-corrected chi connectivity index (χ2v) is 4.44. The molecule has 21 heavy (non-hydrogen) atoms. The van der Waals surface area contributed by atoms with Crippen LogP contribution in [0.5, 0.6) is 17.2 Å². The lowest BCUT2D eigenvalue weighted by molar-refractivity contribution is -0.139. The Morgan fingerprint density at radius 2 is 1.90 bits per heavy atom. The Hall–Kier alpha value is -2.47. The Labute approximate surface area is 124 Å². The number of halogens is 2. The van der Waals surface area contributed by atoms with Gasteiger partial charge in [0.1, 0.15) is 11.6 Å². The fourth-order valence-electron chi connectivity index (χ4n) is 1.53. The number of benzene rings is 2. The number of anilines is 1. The van der Waals surface area contributed by atoms with Crippen LogP contribution in [0.1, 0.15) is 0 Å². The van der Waals surface area contributed by atoms with Gasteiger partial charge in [-0.25, -0.2) is 9.18 Å². The predicted octanol–water partition coefficient (Wildman–Crippen LogP) is 3.32. The Morgan fingerprint density at radius 1 is 1.24 bits per heavy atom. The molecule has 0 bridgehead atoms. The molecule has 2 aromatic carbocycles. The van der Waals surface area contributed by atoms with E-state index in [0.717, 1.165) is 6.07 Å². The summed E-state index contributed by atoms with van der Waals surface area (Å²) in [6, 6.07) is 8.71. The quantitative estimate of drug-likeness (QED) is 0.828. The van der Waals surface area contributed by atoms with Crippen molar-refractivity contribution >= 4 is 23.3 Å². The number of nitrogens with two attached hydrogens (primary N) is 1. The van der Waals surface area contributed by atoms with E-state index >= 15 is 0 Å². The second kappa shape index (κ2) is 6.32. The zero-order chi connectivity index (χ0) is 15.4. The average Bonchev–Trinajstić information content (AvgIpc) is 2.43. The smallest absolute Gasteiger partial charge is 0.341 e. The first-order chi connectivity index (χ1) is 9.97. The van der Waals surface area contributed by atoms with Crippen molar-refractivity contribution in [3.63, 3.8) is 0 Å². The number of nitrogen functional groups attached to an aromatic ring is 1. The zero-order valence-corrected chi connectivity index (χ0v) is 11.4. The van der Waals surface area contributed by atoms with E-state index in [2.05, 4.69) is 0 Å². The first-order valence-corrected chi connectivity index (χ1v) is 6.21. The van der Waals surface area contributed by atoms with Crippen LogP contribution in [0.2, 0.25) is 5.02 Å². The minimum absolute atomic E-state index is 0.0368. The van der Waals surface area contributed by atoms with Gasteiger partial charge in [0.2, 0.25) is 0 Å². The lowest BCUT2D eigenvalue weighted by Crippen LogP contribution is -2.09. The molecule has 0 spiro atoms. The molecule has 2 rings (SSSR count). The van der Waals surface area contributed by atoms with Gasteiger partial charge in [-0.05, 0) is 18.2 Å². The molecule has 0 aliphatic rings. The van der Waals surface area contributed by atoms with E-state index in [9.17, 15) is 9.18 Å². The molecule has 2 aromatic rings. The third-order valence-electron chi connectivity index (χ3n) is 2.47. The summed E-state index contributed by atoms with van der Waals surface area (Å²) in [7, 11) is 0. The van der Waals surface area contributed by atoms with Gasteiger partial charge in [-0.1, -0.05) is 23.7 Å². The average molecular weight is 312 g/mol. The lowest BCUT2D eigenvalue weighted by Gasteiger charge is -2.12. The zero-order valence-electron chi connectivity index (χ0n) is 10.7. The number of rotatable bonds is 5. The molecule has 5 nitrogen and oxygen atoms in total. The van der Waals surface area contributed by atoms with Crippen LogP contribution in [0.3, 0.4) is 0 Å². The molecule has 0 aromatic heterocycles. The van der Waals surface area contributed by atoms with Gasteiger partial charge in [0, 0.05) is 6.07 Å². The standard InChI is InChI=1S/C14H11ClFNO4/c15-8-5-9(16)10(17)6-13(8)21-12-4-2-1-3-11(12)20-7-14(18)19/h1-6H,7,17H2,(H,18,19). The van der Waals surface area contributed by atoms with Crippen molar-refractivity contribution in [3.8, 4) is 17.2 Å². The van der Waals surface area contributed by atoms with Gasteiger partial charge in [0.15, 0.2) is 18.1 Å². The van der Waals surface area contributed by atoms with Crippen molar-refractivity contribution in [1.29, 1.82) is 0 Å². The van der Waals surface area contributed by atoms with Crippen LogP contribution >= 0.6 is 11.6 Å². The van der Waals surface area contributed by atoms with Crippen molar-refractivity contribution in [2.24, 2.45) is 0 Å². The highest BCUT2D eigenvalue weighted by Crippen LogP contribution is 2.36. The summed E-state index contributed by atoms with van der Waals surface area (Å²) < 4.78 is 23.8. The van der Waals surface area contributed by atoms with Crippen LogP contribution in [-0.4, -0.2) is 17.7 Å². The third kappa shape index (κ3) is 3.76. The lowest BCUT2D eigenvalue weighted by atomic mass is 10.3. The molecule has 0 atom stereocenters. The number of aliphatic carboxylic acids is 1. The number of carboxylic acids is 1. The SMILES string of the molecule is Nc1cc(Oc2ccccc2OCC(=O)O)c(Cl)cc1F. The maximum atomic E-state index is 13.2. The van der Waals surface area contributed by atoms with E-state index in [1.165, 1.54) is 6.07 Å². The Bertz CT molecular complexity index is 678. The molecule has 3 N–H and O–H groups in total. The van der Waals surface area contributed by atoms with E-state index in [1.807, 2.05) is 0 Å². The summed E-state index contributed by atoms with van der Waals surface area (Å²) in [5.41, 5.74) is 5.34. The number of hydrogen-bond acceptors (Lipinski definition) is 4. The van der Waals surface area contributed by atoms with Crippen LogP contribution in [0.15, 0.2) is 36.4 Å². The third-order valence-corrected chi connectivity index (χ3v) is 2.77. The van der Waals surface area contributed by atoms with Crippen LogP contribution in [0.25, 0.3) is 0 Å². The Morgan fingerprint density at radius 3 is 2.57 bits per heavy atom. The van der Waals surface area contributed by atoms with Crippen LogP contribution in [0, 0.1) is 5.82 Å². The molecule has 0 radical (unpaired) electrons. The molecule has 0 heterocycles. The van der Waals surface area contributed by atoms with Crippen molar-refractivity contribution in [2.45, 2.75) is 0 Å². The first kappa shape index (κ1) is 14.9. The molecule has 0 unspecified atom stereocenters. The van der Waals surface area contributed by atoms with Gasteiger partial charge in [0.25, 0.3) is 0 Å². The topological polar surface area (TPSA) is 81.8 Å². The summed E-state index contributed by atoms with van der Waals surface area (Å²) in [5.74, 6) is -1.16. The minimum atomic E-state index is -1.12. The van der Waals surface area contributed by atoms with Crippen LogP contribution < -0.4 is 15.2 Å². The van der Waals surface area contributed by atoms with E-state index < -0.39 is 18.4 Å². The number of hydrogen-bond donors (Lipinski definition) is 2. The summed E-state index contributed by atoms with van der Waals surface area (Å²) >= 11 is 5.88. The van der Waals surface area contributed by atoms with Gasteiger partial charge < -0.3 is 20.3 Å². The molecule has 0 fully saturated rings. The van der Waals surface area contributed by atoms with Gasteiger partial charge in [0.05, 0.1) is 10.7 Å². The monoisotopic (exact) mass is 311 g/mol. The van der Waals surface area contributed by atoms with E-state index in [1.54, 1.807) is 24.3 Å². The van der Waals surface area contributed by atoms with E-state index in [-0.39, 0.29) is 28.0 Å². The Balaban J connectivity index is 2.27. The Kier molecular flexibility index (Phi) is 4.49. The number of ether oxygens (including phenoxy) is 2. The molecule has 0 saturated carbocycles. The molecule has 0 amide bonds. The maximum Gasteiger partial charge on any atom is 0.341 e. The van der Waals surface area contributed by atoms with Crippen LogP contribution in [-0.2, 0) is 4.79 Å². The van der Waals surface area contributed by atoms with E-state index in [4.69, 9.17) is 31.9 Å². The molecule has 7 heteroatoms. The molecule has 110 valence electrons. The van der Waals surface area contributed by atoms with E-state index in [0.29, 0.717) is 0 Å². The van der Waals surface area contributed by atoms with Gasteiger partial charge in [-0.2, -0.15) is 0 Å². The predicted molar refractivity (Wildman–Crippen MR) is 75.5 cm³/mol. The first-order valence-electron chi connectivity index (χ1n) is 5.83. The molecular formula is C14H11ClFNO4.